The lowest BCUT2D eigenvalue weighted by molar-refractivity contribution is 0.202. The first kappa shape index (κ1) is 24.3. The molecule has 0 bridgehead atoms. The topological polar surface area (TPSA) is 68.6 Å². The third kappa shape index (κ3) is 4.91. The van der Waals surface area contributed by atoms with Crippen LogP contribution in [0.25, 0.3) is 33.4 Å². The van der Waals surface area contributed by atoms with Crippen molar-refractivity contribution >= 4 is 22.6 Å². The highest BCUT2D eigenvalue weighted by Gasteiger charge is 2.23. The summed E-state index contributed by atoms with van der Waals surface area (Å²) in [5, 5.41) is 9.68. The normalized spacial score (nSPS) is 14.6. The maximum atomic E-state index is 13.5. The second-order valence-electron chi connectivity index (χ2n) is 9.73. The first-order valence-corrected chi connectivity index (χ1v) is 13.1. The number of nitrogens with one attached hydrogen (secondary N) is 1. The van der Waals surface area contributed by atoms with Crippen LogP contribution in [0.4, 0.5) is 4.39 Å². The molecule has 38 heavy (non-hydrogen) atoms. The summed E-state index contributed by atoms with van der Waals surface area (Å²) >= 11 is 6.32. The van der Waals surface area contributed by atoms with Crippen molar-refractivity contribution in [3.63, 3.8) is 0 Å². The van der Waals surface area contributed by atoms with E-state index in [1.165, 1.54) is 17.7 Å². The number of imidazole rings is 1. The van der Waals surface area contributed by atoms with Crippen LogP contribution >= 0.6 is 11.6 Å². The number of nitrogens with zero attached hydrogens (tertiary/aromatic N) is 4. The van der Waals surface area contributed by atoms with Crippen molar-refractivity contribution in [3.05, 3.63) is 107 Å². The van der Waals surface area contributed by atoms with Gasteiger partial charge in [-0.3, -0.25) is 4.90 Å². The predicted molar refractivity (Wildman–Crippen MR) is 148 cm³/mol. The van der Waals surface area contributed by atoms with Crippen molar-refractivity contribution in [1.82, 2.24) is 19.9 Å². The van der Waals surface area contributed by atoms with Crippen LogP contribution in [0.15, 0.2) is 78.9 Å². The first-order chi connectivity index (χ1) is 18.6. The highest BCUT2D eigenvalue weighted by Crippen LogP contribution is 2.34. The van der Waals surface area contributed by atoms with Gasteiger partial charge in [0.15, 0.2) is 0 Å². The van der Waals surface area contributed by atoms with Crippen molar-refractivity contribution in [2.24, 2.45) is 0 Å². The van der Waals surface area contributed by atoms with Gasteiger partial charge in [-0.2, -0.15) is 5.26 Å². The Morgan fingerprint density at radius 2 is 1.71 bits per heavy atom. The number of aromatic nitrogens is 3. The van der Waals surface area contributed by atoms with Gasteiger partial charge in [0.1, 0.15) is 22.9 Å². The lowest BCUT2D eigenvalue weighted by atomic mass is 9.95. The molecule has 7 heteroatoms. The Kier molecular flexibility index (Phi) is 6.63. The van der Waals surface area contributed by atoms with E-state index in [1.54, 1.807) is 6.07 Å². The maximum absolute atomic E-state index is 13.5. The number of H-pyrrole nitrogens is 1. The number of hydrogen-bond acceptors (Lipinski definition) is 4. The number of nitriles is 1. The van der Waals surface area contributed by atoms with E-state index < -0.39 is 0 Å². The van der Waals surface area contributed by atoms with Gasteiger partial charge in [-0.05, 0) is 61.3 Å². The number of halogens is 2. The number of pyridine rings is 1. The number of rotatable bonds is 5. The summed E-state index contributed by atoms with van der Waals surface area (Å²) in [4.78, 5) is 15.1. The Labute approximate surface area is 225 Å². The van der Waals surface area contributed by atoms with Crippen LogP contribution in [0.2, 0.25) is 5.15 Å². The fourth-order valence-corrected chi connectivity index (χ4v) is 5.39. The molecular weight excluding hydrogens is 497 g/mol. The lowest BCUT2D eigenvalue weighted by Crippen LogP contribution is -2.32. The fourth-order valence-electron chi connectivity index (χ4n) is 5.21. The van der Waals surface area contributed by atoms with Gasteiger partial charge < -0.3 is 4.98 Å². The van der Waals surface area contributed by atoms with Crippen molar-refractivity contribution in [2.45, 2.75) is 25.3 Å². The zero-order valence-electron chi connectivity index (χ0n) is 20.7. The summed E-state index contributed by atoms with van der Waals surface area (Å²) in [6, 6.07) is 27.0. The molecule has 1 N–H and O–H groups in total. The van der Waals surface area contributed by atoms with E-state index in [-0.39, 0.29) is 11.0 Å². The Bertz CT molecular complexity index is 1630. The third-order valence-electron chi connectivity index (χ3n) is 7.25. The molecule has 0 amide bonds. The summed E-state index contributed by atoms with van der Waals surface area (Å²) in [6.07, 6.45) is 2.02. The summed E-state index contributed by atoms with van der Waals surface area (Å²) in [5.74, 6) is 1.06. The minimum Gasteiger partial charge on any atom is -0.342 e. The van der Waals surface area contributed by atoms with Gasteiger partial charge in [0.2, 0.25) is 0 Å². The smallest absolute Gasteiger partial charge is 0.147 e. The summed E-state index contributed by atoms with van der Waals surface area (Å²) < 4.78 is 13.5. The van der Waals surface area contributed by atoms with E-state index in [0.717, 1.165) is 71.7 Å². The Morgan fingerprint density at radius 1 is 0.947 bits per heavy atom. The van der Waals surface area contributed by atoms with Gasteiger partial charge in [-0.15, -0.1) is 0 Å². The molecular formula is C31H25ClFN5. The van der Waals surface area contributed by atoms with Crippen LogP contribution in [0, 0.1) is 17.1 Å². The van der Waals surface area contributed by atoms with E-state index in [4.69, 9.17) is 16.6 Å². The average Bonchev–Trinajstić information content (AvgIpc) is 3.37. The largest absolute Gasteiger partial charge is 0.342 e. The monoisotopic (exact) mass is 521 g/mol. The zero-order chi connectivity index (χ0) is 26.1. The second-order valence-corrected chi connectivity index (χ2v) is 10.1. The summed E-state index contributed by atoms with van der Waals surface area (Å²) in [7, 11) is 0. The molecule has 0 spiro atoms. The number of benzene rings is 3. The van der Waals surface area contributed by atoms with Gasteiger partial charge in [0.25, 0.3) is 0 Å². The number of aromatic amines is 1. The van der Waals surface area contributed by atoms with Crippen LogP contribution in [-0.4, -0.2) is 32.9 Å². The number of likely N-dealkylation sites (tertiary alicyclic amines) is 1. The minimum atomic E-state index is -0.247. The second kappa shape index (κ2) is 10.4. The van der Waals surface area contributed by atoms with Crippen LogP contribution in [0.3, 0.4) is 0 Å². The molecule has 1 fully saturated rings. The van der Waals surface area contributed by atoms with E-state index in [0.29, 0.717) is 11.5 Å². The SMILES string of the molecule is N#Cc1cc(-c2ccccc2)c(-c2ccc(CN3CCC(c4nc5ccc(F)cc5[nH]4)CC3)cc2)nc1Cl. The molecule has 5 nitrogen and oxygen atoms in total. The molecule has 0 radical (unpaired) electrons. The molecule has 1 saturated heterocycles. The Balaban J connectivity index is 1.15. The number of fused-ring (bicyclic) bond motifs is 1. The van der Waals surface area contributed by atoms with Gasteiger partial charge >= 0.3 is 0 Å². The molecule has 1 aliphatic heterocycles. The van der Waals surface area contributed by atoms with Crippen molar-refractivity contribution in [1.29, 1.82) is 5.26 Å². The average molecular weight is 522 g/mol. The Morgan fingerprint density at radius 3 is 2.45 bits per heavy atom. The van der Waals surface area contributed by atoms with Crippen LogP contribution < -0.4 is 0 Å². The fraction of sp³-hybridized carbons (Fsp3) is 0.194. The molecule has 0 atom stereocenters. The first-order valence-electron chi connectivity index (χ1n) is 12.7. The number of hydrogen-bond donors (Lipinski definition) is 1. The quantitative estimate of drug-likeness (QED) is 0.246. The highest BCUT2D eigenvalue weighted by atomic mass is 35.5. The molecule has 0 unspecified atom stereocenters. The van der Waals surface area contributed by atoms with Gasteiger partial charge in [0.05, 0.1) is 22.3 Å². The lowest BCUT2D eigenvalue weighted by Gasteiger charge is -2.31. The van der Waals surface area contributed by atoms with E-state index in [9.17, 15) is 9.65 Å². The standard InChI is InChI=1S/C31H25ClFN5/c32-30-24(18-34)16-26(21-4-2-1-3-5-21)29(37-30)22-8-6-20(7-9-22)19-38-14-12-23(13-15-38)31-35-27-11-10-25(33)17-28(27)36-31/h1-11,16-17,23H,12-15,19H2,(H,35,36). The van der Waals surface area contributed by atoms with E-state index in [1.807, 2.05) is 36.4 Å². The van der Waals surface area contributed by atoms with Crippen molar-refractivity contribution in [3.8, 4) is 28.5 Å². The van der Waals surface area contributed by atoms with Gasteiger partial charge in [-0.1, -0.05) is 66.2 Å². The highest BCUT2D eigenvalue weighted by molar-refractivity contribution is 6.30. The molecule has 0 saturated carbocycles. The van der Waals surface area contributed by atoms with Crippen molar-refractivity contribution in [2.75, 3.05) is 13.1 Å². The van der Waals surface area contributed by atoms with Crippen LogP contribution in [0.5, 0.6) is 0 Å². The van der Waals surface area contributed by atoms with Crippen LogP contribution in [-0.2, 0) is 6.54 Å². The maximum Gasteiger partial charge on any atom is 0.147 e. The molecule has 3 heterocycles. The molecule has 3 aromatic carbocycles. The zero-order valence-corrected chi connectivity index (χ0v) is 21.4. The summed E-state index contributed by atoms with van der Waals surface area (Å²) in [6.45, 7) is 2.82. The van der Waals surface area contributed by atoms with Gasteiger partial charge in [0, 0.05) is 23.6 Å². The van der Waals surface area contributed by atoms with E-state index in [2.05, 4.69) is 45.2 Å². The van der Waals surface area contributed by atoms with Gasteiger partial charge in [-0.25, -0.2) is 14.4 Å². The number of piperidine rings is 1. The van der Waals surface area contributed by atoms with Crippen molar-refractivity contribution < 1.29 is 4.39 Å². The minimum absolute atomic E-state index is 0.212. The molecule has 1 aliphatic rings. The van der Waals surface area contributed by atoms with Crippen LogP contribution in [0.1, 0.15) is 35.7 Å². The third-order valence-corrected chi connectivity index (χ3v) is 7.54. The predicted octanol–water partition coefficient (Wildman–Crippen LogP) is 7.34. The molecule has 2 aromatic heterocycles. The molecule has 0 aliphatic carbocycles. The Hall–Kier alpha value is -4.05. The van der Waals surface area contributed by atoms with E-state index >= 15 is 0 Å². The summed E-state index contributed by atoms with van der Waals surface area (Å²) in [5.41, 5.74) is 6.77. The molecule has 5 aromatic rings. The molecule has 6 rings (SSSR count). The molecule has 188 valence electrons.